The molecule has 132 valence electrons. The Labute approximate surface area is 156 Å². The molecule has 0 aliphatic heterocycles. The van der Waals surface area contributed by atoms with Crippen molar-refractivity contribution in [1.82, 2.24) is 9.55 Å². The first-order valence-electron chi connectivity index (χ1n) is 8.65. The van der Waals surface area contributed by atoms with Gasteiger partial charge >= 0.3 is 0 Å². The van der Waals surface area contributed by atoms with Crippen LogP contribution in [0.15, 0.2) is 77.6 Å². The molecule has 1 aromatic heterocycles. The van der Waals surface area contributed by atoms with Crippen molar-refractivity contribution in [3.63, 3.8) is 0 Å². The number of fused-ring (bicyclic) bond motifs is 1. The van der Waals surface area contributed by atoms with Gasteiger partial charge in [-0.1, -0.05) is 42.5 Å². The average Bonchev–Trinajstić information content (AvgIpc) is 2.67. The van der Waals surface area contributed by atoms with E-state index in [4.69, 9.17) is 0 Å². The van der Waals surface area contributed by atoms with E-state index >= 15 is 0 Å². The van der Waals surface area contributed by atoms with Gasteiger partial charge in [-0.25, -0.2) is 9.37 Å². The van der Waals surface area contributed by atoms with Crippen LogP contribution in [0.5, 0.6) is 0 Å². The largest absolute Gasteiger partial charge is 0.268 e. The molecule has 0 spiro atoms. The summed E-state index contributed by atoms with van der Waals surface area (Å²) in [6, 6.07) is 21.4. The summed E-state index contributed by atoms with van der Waals surface area (Å²) in [5, 5.41) is 0.544. The quantitative estimate of drug-likeness (QED) is 0.517. The third kappa shape index (κ3) is 3.29. The third-order valence-electron chi connectivity index (χ3n) is 4.38. The van der Waals surface area contributed by atoms with E-state index in [-0.39, 0.29) is 11.4 Å². The Balaban J connectivity index is 1.97. The normalized spacial score (nSPS) is 11.3. The first kappa shape index (κ1) is 16.9. The van der Waals surface area contributed by atoms with Gasteiger partial charge in [0, 0.05) is 5.56 Å². The summed E-state index contributed by atoms with van der Waals surface area (Å²) < 4.78 is 15.5. The number of aromatic nitrogens is 2. The monoisotopic (exact) mass is 356 g/mol. The molecule has 4 heteroatoms. The number of benzene rings is 3. The van der Waals surface area contributed by atoms with E-state index in [0.717, 1.165) is 11.3 Å². The number of aryl methyl sites for hydroxylation is 1. The Bertz CT molecular complexity index is 1220. The van der Waals surface area contributed by atoms with Crippen molar-refractivity contribution < 1.29 is 4.39 Å². The van der Waals surface area contributed by atoms with Crippen molar-refractivity contribution >= 4 is 23.1 Å². The molecule has 3 nitrogen and oxygen atoms in total. The van der Waals surface area contributed by atoms with Gasteiger partial charge in [-0.3, -0.25) is 9.36 Å². The molecule has 0 aliphatic carbocycles. The second-order valence-electron chi connectivity index (χ2n) is 6.32. The SMILES string of the molecule is Cc1cccc(-n2c(/C=C\c3ccccc3F)nc3ccccc3c2=O)c1. The Morgan fingerprint density at radius 2 is 1.70 bits per heavy atom. The maximum atomic E-state index is 14.0. The highest BCUT2D eigenvalue weighted by molar-refractivity contribution is 5.80. The maximum Gasteiger partial charge on any atom is 0.266 e. The van der Waals surface area contributed by atoms with E-state index in [9.17, 15) is 9.18 Å². The van der Waals surface area contributed by atoms with Crippen molar-refractivity contribution in [2.75, 3.05) is 0 Å². The van der Waals surface area contributed by atoms with Crippen molar-refractivity contribution in [2.45, 2.75) is 6.92 Å². The van der Waals surface area contributed by atoms with Gasteiger partial charge in [-0.2, -0.15) is 0 Å². The lowest BCUT2D eigenvalue weighted by atomic mass is 10.1. The molecule has 0 unspecified atom stereocenters. The zero-order valence-corrected chi connectivity index (χ0v) is 14.8. The van der Waals surface area contributed by atoms with Crippen LogP contribution in [-0.4, -0.2) is 9.55 Å². The fourth-order valence-electron chi connectivity index (χ4n) is 3.05. The van der Waals surface area contributed by atoms with Gasteiger partial charge in [0.1, 0.15) is 11.6 Å². The Kier molecular flexibility index (Phi) is 4.38. The minimum Gasteiger partial charge on any atom is -0.268 e. The van der Waals surface area contributed by atoms with Crippen LogP contribution in [0.1, 0.15) is 17.0 Å². The molecule has 0 radical (unpaired) electrons. The fraction of sp³-hybridized carbons (Fsp3) is 0.0435. The highest BCUT2D eigenvalue weighted by atomic mass is 19.1. The lowest BCUT2D eigenvalue weighted by Crippen LogP contribution is -2.22. The Morgan fingerprint density at radius 1 is 0.926 bits per heavy atom. The van der Waals surface area contributed by atoms with Gasteiger partial charge in [0.2, 0.25) is 0 Å². The number of nitrogens with zero attached hydrogens (tertiary/aromatic N) is 2. The number of para-hydroxylation sites is 1. The van der Waals surface area contributed by atoms with Gasteiger partial charge < -0.3 is 0 Å². The summed E-state index contributed by atoms with van der Waals surface area (Å²) in [5.41, 5.74) is 2.66. The maximum absolute atomic E-state index is 14.0. The molecule has 0 N–H and O–H groups in total. The lowest BCUT2D eigenvalue weighted by Gasteiger charge is -2.12. The van der Waals surface area contributed by atoms with Gasteiger partial charge in [0.05, 0.1) is 16.6 Å². The van der Waals surface area contributed by atoms with Crippen molar-refractivity contribution in [3.8, 4) is 5.69 Å². The predicted octanol–water partition coefficient (Wildman–Crippen LogP) is 5.00. The summed E-state index contributed by atoms with van der Waals surface area (Å²) in [7, 11) is 0. The Morgan fingerprint density at radius 3 is 2.52 bits per heavy atom. The van der Waals surface area contributed by atoms with E-state index in [1.165, 1.54) is 6.07 Å². The first-order valence-corrected chi connectivity index (χ1v) is 8.65. The molecule has 3 aromatic carbocycles. The number of halogens is 1. The molecule has 0 aliphatic rings. The second kappa shape index (κ2) is 7.00. The van der Waals surface area contributed by atoms with E-state index in [2.05, 4.69) is 4.98 Å². The molecular formula is C23H17FN2O. The summed E-state index contributed by atoms with van der Waals surface area (Å²) in [5.74, 6) is 0.131. The van der Waals surface area contributed by atoms with Gasteiger partial charge in [0.25, 0.3) is 5.56 Å². The van der Waals surface area contributed by atoms with Crippen molar-refractivity contribution in [2.24, 2.45) is 0 Å². The number of hydrogen-bond donors (Lipinski definition) is 0. The molecule has 0 atom stereocenters. The smallest absolute Gasteiger partial charge is 0.266 e. The topological polar surface area (TPSA) is 34.9 Å². The van der Waals surface area contributed by atoms with E-state index in [1.54, 1.807) is 47.1 Å². The van der Waals surface area contributed by atoms with Crippen LogP contribution in [0, 0.1) is 12.7 Å². The summed E-state index contributed by atoms with van der Waals surface area (Å²) >= 11 is 0. The van der Waals surface area contributed by atoms with Crippen LogP contribution in [0.4, 0.5) is 4.39 Å². The minimum absolute atomic E-state index is 0.153. The summed E-state index contributed by atoms with van der Waals surface area (Å²) in [6.45, 7) is 1.97. The van der Waals surface area contributed by atoms with E-state index in [0.29, 0.717) is 22.3 Å². The molecule has 4 aromatic rings. The minimum atomic E-state index is -0.320. The Hall–Kier alpha value is -3.53. The molecule has 0 bridgehead atoms. The second-order valence-corrected chi connectivity index (χ2v) is 6.32. The zero-order chi connectivity index (χ0) is 18.8. The van der Waals surface area contributed by atoms with Crippen LogP contribution in [0.2, 0.25) is 0 Å². The van der Waals surface area contributed by atoms with Gasteiger partial charge in [0.15, 0.2) is 0 Å². The number of rotatable bonds is 3. The summed E-state index contributed by atoms with van der Waals surface area (Å²) in [6.07, 6.45) is 3.31. The molecule has 4 rings (SSSR count). The number of hydrogen-bond acceptors (Lipinski definition) is 2. The van der Waals surface area contributed by atoms with Crippen LogP contribution < -0.4 is 5.56 Å². The molecule has 0 amide bonds. The standard InChI is InChI=1S/C23H17FN2O/c1-16-7-6-9-18(15-16)26-22(14-13-17-8-2-4-11-20(17)24)25-21-12-5-3-10-19(21)23(26)27/h2-15H,1H3/b14-13-. The molecular weight excluding hydrogens is 339 g/mol. The van der Waals surface area contributed by atoms with Crippen LogP contribution >= 0.6 is 0 Å². The highest BCUT2D eigenvalue weighted by Gasteiger charge is 2.11. The zero-order valence-electron chi connectivity index (χ0n) is 14.8. The van der Waals surface area contributed by atoms with E-state index in [1.807, 2.05) is 43.3 Å². The lowest BCUT2D eigenvalue weighted by molar-refractivity contribution is 0.625. The molecule has 27 heavy (non-hydrogen) atoms. The fourth-order valence-corrected chi connectivity index (χ4v) is 3.05. The molecule has 0 fully saturated rings. The van der Waals surface area contributed by atoms with Crippen LogP contribution in [0.25, 0.3) is 28.7 Å². The summed E-state index contributed by atoms with van der Waals surface area (Å²) in [4.78, 5) is 17.8. The van der Waals surface area contributed by atoms with Crippen LogP contribution in [0.3, 0.4) is 0 Å². The molecule has 1 heterocycles. The third-order valence-corrected chi connectivity index (χ3v) is 4.38. The van der Waals surface area contributed by atoms with Crippen LogP contribution in [-0.2, 0) is 0 Å². The highest BCUT2D eigenvalue weighted by Crippen LogP contribution is 2.17. The average molecular weight is 356 g/mol. The van der Waals surface area contributed by atoms with E-state index < -0.39 is 0 Å². The molecule has 0 saturated carbocycles. The van der Waals surface area contributed by atoms with Gasteiger partial charge in [-0.15, -0.1) is 0 Å². The molecule has 0 saturated heterocycles. The van der Waals surface area contributed by atoms with Crippen molar-refractivity contribution in [3.05, 3.63) is 106 Å². The van der Waals surface area contributed by atoms with Gasteiger partial charge in [-0.05, 0) is 55.0 Å². The van der Waals surface area contributed by atoms with Crippen molar-refractivity contribution in [1.29, 1.82) is 0 Å². The first-order chi connectivity index (χ1) is 13.1. The predicted molar refractivity (Wildman–Crippen MR) is 107 cm³/mol.